The van der Waals surface area contributed by atoms with Crippen molar-refractivity contribution in [3.63, 3.8) is 0 Å². The molecule has 4 heteroatoms. The number of aryl methyl sites for hydroxylation is 2. The van der Waals surface area contributed by atoms with Crippen LogP contribution < -0.4 is 14.9 Å². The van der Waals surface area contributed by atoms with Gasteiger partial charge in [-0.1, -0.05) is 18.2 Å². The molecule has 2 aromatic carbocycles. The molecule has 0 amide bonds. The van der Waals surface area contributed by atoms with Gasteiger partial charge in [-0.2, -0.15) is 0 Å². The lowest BCUT2D eigenvalue weighted by atomic mass is 10.1. The fraction of sp³-hybridized carbons (Fsp3) is 0.211. The van der Waals surface area contributed by atoms with Crippen LogP contribution in [0.1, 0.15) is 18.2 Å². The van der Waals surface area contributed by atoms with Gasteiger partial charge >= 0.3 is 0 Å². The molecule has 0 fully saturated rings. The highest BCUT2D eigenvalue weighted by molar-refractivity contribution is 5.83. The third kappa shape index (κ3) is 2.80. The molecule has 3 aromatic rings. The summed E-state index contributed by atoms with van der Waals surface area (Å²) in [6, 6.07) is 12.7. The largest absolute Gasteiger partial charge is 0.493 e. The zero-order valence-electron chi connectivity index (χ0n) is 13.4. The van der Waals surface area contributed by atoms with Crippen molar-refractivity contribution in [2.45, 2.75) is 20.8 Å². The number of hydrogen-bond donors (Lipinski definition) is 0. The van der Waals surface area contributed by atoms with Gasteiger partial charge in [0, 0.05) is 5.56 Å². The SMILES string of the molecule is CCOc1ccc2c(=O)c(Oc3ccccc3)c(C)oc2c1C. The normalized spacial score (nSPS) is 10.7. The second kappa shape index (κ2) is 6.16. The fourth-order valence-electron chi connectivity index (χ4n) is 2.50. The molecule has 0 saturated carbocycles. The summed E-state index contributed by atoms with van der Waals surface area (Å²) in [5.74, 6) is 1.99. The third-order valence-electron chi connectivity index (χ3n) is 3.64. The Morgan fingerprint density at radius 3 is 2.48 bits per heavy atom. The fourth-order valence-corrected chi connectivity index (χ4v) is 2.50. The molecule has 0 N–H and O–H groups in total. The van der Waals surface area contributed by atoms with Gasteiger partial charge in [-0.25, -0.2) is 0 Å². The number of ether oxygens (including phenoxy) is 2. The summed E-state index contributed by atoms with van der Waals surface area (Å²) in [5.41, 5.74) is 1.17. The van der Waals surface area contributed by atoms with Crippen LogP contribution in [0.2, 0.25) is 0 Å². The number of para-hydroxylation sites is 1. The molecule has 4 nitrogen and oxygen atoms in total. The highest BCUT2D eigenvalue weighted by Gasteiger charge is 2.16. The Kier molecular flexibility index (Phi) is 4.06. The van der Waals surface area contributed by atoms with Crippen molar-refractivity contribution in [1.82, 2.24) is 0 Å². The predicted molar refractivity (Wildman–Crippen MR) is 89.6 cm³/mol. The van der Waals surface area contributed by atoms with E-state index in [-0.39, 0.29) is 11.2 Å². The summed E-state index contributed by atoms with van der Waals surface area (Å²) in [6.07, 6.45) is 0. The molecule has 23 heavy (non-hydrogen) atoms. The Morgan fingerprint density at radius 1 is 1.04 bits per heavy atom. The lowest BCUT2D eigenvalue weighted by molar-refractivity contribution is 0.337. The van der Waals surface area contributed by atoms with Gasteiger partial charge in [0.05, 0.1) is 12.0 Å². The molecular weight excluding hydrogens is 292 g/mol. The summed E-state index contributed by atoms with van der Waals surface area (Å²) in [7, 11) is 0. The van der Waals surface area contributed by atoms with Crippen molar-refractivity contribution in [2.24, 2.45) is 0 Å². The van der Waals surface area contributed by atoms with Crippen molar-refractivity contribution < 1.29 is 13.9 Å². The van der Waals surface area contributed by atoms with Crippen LogP contribution >= 0.6 is 0 Å². The maximum atomic E-state index is 12.7. The van der Waals surface area contributed by atoms with Gasteiger partial charge in [0.2, 0.25) is 11.2 Å². The summed E-state index contributed by atoms with van der Waals surface area (Å²) >= 11 is 0. The predicted octanol–water partition coefficient (Wildman–Crippen LogP) is 4.60. The topological polar surface area (TPSA) is 48.7 Å². The molecule has 0 bridgehead atoms. The van der Waals surface area contributed by atoms with E-state index in [9.17, 15) is 4.79 Å². The third-order valence-corrected chi connectivity index (χ3v) is 3.64. The van der Waals surface area contributed by atoms with Gasteiger partial charge < -0.3 is 13.9 Å². The second-order valence-corrected chi connectivity index (χ2v) is 5.23. The molecule has 1 heterocycles. The van der Waals surface area contributed by atoms with Crippen molar-refractivity contribution in [3.8, 4) is 17.2 Å². The van der Waals surface area contributed by atoms with Gasteiger partial charge in [-0.3, -0.25) is 4.79 Å². The molecule has 1 aromatic heterocycles. The van der Waals surface area contributed by atoms with Crippen molar-refractivity contribution in [2.75, 3.05) is 6.61 Å². The first-order valence-electron chi connectivity index (χ1n) is 7.54. The Bertz CT molecular complexity index is 895. The van der Waals surface area contributed by atoms with Crippen LogP contribution in [0.25, 0.3) is 11.0 Å². The van der Waals surface area contributed by atoms with Crippen LogP contribution in [0, 0.1) is 13.8 Å². The second-order valence-electron chi connectivity index (χ2n) is 5.23. The van der Waals surface area contributed by atoms with Crippen molar-refractivity contribution in [3.05, 3.63) is 64.0 Å². The minimum Gasteiger partial charge on any atom is -0.493 e. The average molecular weight is 310 g/mol. The van der Waals surface area contributed by atoms with Crippen molar-refractivity contribution in [1.29, 1.82) is 0 Å². The lowest BCUT2D eigenvalue weighted by Crippen LogP contribution is -2.08. The summed E-state index contributed by atoms with van der Waals surface area (Å²) in [6.45, 7) is 6.09. The van der Waals surface area contributed by atoms with E-state index in [1.807, 2.05) is 32.0 Å². The molecule has 0 aliphatic carbocycles. The highest BCUT2D eigenvalue weighted by atomic mass is 16.5. The Hall–Kier alpha value is -2.75. The monoisotopic (exact) mass is 310 g/mol. The molecule has 0 saturated heterocycles. The summed E-state index contributed by atoms with van der Waals surface area (Å²) in [5, 5.41) is 0.488. The van der Waals surface area contributed by atoms with Crippen LogP contribution in [0.4, 0.5) is 0 Å². The first-order valence-corrected chi connectivity index (χ1v) is 7.54. The summed E-state index contributed by atoms with van der Waals surface area (Å²) in [4.78, 5) is 12.7. The van der Waals surface area contributed by atoms with Crippen molar-refractivity contribution >= 4 is 11.0 Å². The van der Waals surface area contributed by atoms with Gasteiger partial charge in [0.25, 0.3) is 0 Å². The zero-order chi connectivity index (χ0) is 16.4. The standard InChI is InChI=1S/C19H18O4/c1-4-21-16-11-10-15-17(20)19(13(3)22-18(15)12(16)2)23-14-8-6-5-7-9-14/h5-11H,4H2,1-3H3. The van der Waals surface area contributed by atoms with E-state index in [1.54, 1.807) is 31.2 Å². The molecule has 0 aliphatic rings. The maximum Gasteiger partial charge on any atom is 0.235 e. The van der Waals surface area contributed by atoms with E-state index in [4.69, 9.17) is 13.9 Å². The minimum absolute atomic E-state index is 0.182. The van der Waals surface area contributed by atoms with Gasteiger partial charge in [0.15, 0.2) is 0 Å². The van der Waals surface area contributed by atoms with Crippen LogP contribution in [0.15, 0.2) is 51.7 Å². The molecule has 0 aliphatic heterocycles. The number of rotatable bonds is 4. The molecular formula is C19H18O4. The van der Waals surface area contributed by atoms with E-state index in [1.165, 1.54) is 0 Å². The molecule has 0 spiro atoms. The van der Waals surface area contributed by atoms with Gasteiger partial charge in [0.1, 0.15) is 22.8 Å². The first kappa shape index (κ1) is 15.2. The van der Waals surface area contributed by atoms with Gasteiger partial charge in [-0.15, -0.1) is 0 Å². The Morgan fingerprint density at radius 2 is 1.78 bits per heavy atom. The smallest absolute Gasteiger partial charge is 0.235 e. The number of fused-ring (bicyclic) bond motifs is 1. The summed E-state index contributed by atoms with van der Waals surface area (Å²) < 4.78 is 17.1. The average Bonchev–Trinajstić information content (AvgIpc) is 2.56. The Labute approximate surface area is 134 Å². The highest BCUT2D eigenvalue weighted by Crippen LogP contribution is 2.30. The van der Waals surface area contributed by atoms with E-state index in [0.29, 0.717) is 29.1 Å². The van der Waals surface area contributed by atoms with Crippen LogP contribution in [0.5, 0.6) is 17.2 Å². The number of benzene rings is 2. The van der Waals surface area contributed by atoms with E-state index < -0.39 is 0 Å². The minimum atomic E-state index is -0.182. The zero-order valence-corrected chi connectivity index (χ0v) is 13.4. The molecule has 0 radical (unpaired) electrons. The maximum absolute atomic E-state index is 12.7. The quantitative estimate of drug-likeness (QED) is 0.706. The molecule has 0 atom stereocenters. The van der Waals surface area contributed by atoms with E-state index in [2.05, 4.69) is 0 Å². The van der Waals surface area contributed by atoms with Crippen LogP contribution in [0.3, 0.4) is 0 Å². The first-order chi connectivity index (χ1) is 11.1. The lowest BCUT2D eigenvalue weighted by Gasteiger charge is -2.12. The molecule has 3 rings (SSSR count). The van der Waals surface area contributed by atoms with Gasteiger partial charge in [-0.05, 0) is 45.0 Å². The Balaban J connectivity index is 2.15. The molecule has 118 valence electrons. The van der Waals surface area contributed by atoms with Crippen LogP contribution in [-0.4, -0.2) is 6.61 Å². The van der Waals surface area contributed by atoms with E-state index in [0.717, 1.165) is 11.3 Å². The van der Waals surface area contributed by atoms with E-state index >= 15 is 0 Å². The number of hydrogen-bond acceptors (Lipinski definition) is 4. The van der Waals surface area contributed by atoms with Crippen LogP contribution in [-0.2, 0) is 0 Å². The molecule has 0 unspecified atom stereocenters.